The van der Waals surface area contributed by atoms with E-state index in [9.17, 15) is 9.50 Å². The van der Waals surface area contributed by atoms with Gasteiger partial charge < -0.3 is 5.11 Å². The maximum atomic E-state index is 13.4. The Balaban J connectivity index is 1.82. The molecular formula is C18H18BrFO. The summed E-state index contributed by atoms with van der Waals surface area (Å²) in [6.07, 6.45) is 3.34. The molecule has 1 aliphatic rings. The van der Waals surface area contributed by atoms with E-state index in [1.165, 1.54) is 23.3 Å². The Kier molecular flexibility index (Phi) is 4.41. The van der Waals surface area contributed by atoms with E-state index in [2.05, 4.69) is 40.2 Å². The second kappa shape index (κ2) is 6.29. The lowest BCUT2D eigenvalue weighted by atomic mass is 9.79. The van der Waals surface area contributed by atoms with Crippen LogP contribution in [0.1, 0.15) is 48.0 Å². The lowest BCUT2D eigenvalue weighted by Crippen LogP contribution is -2.13. The highest BCUT2D eigenvalue weighted by atomic mass is 79.9. The fourth-order valence-electron chi connectivity index (χ4n) is 3.27. The van der Waals surface area contributed by atoms with Crippen LogP contribution in [-0.2, 0) is 6.42 Å². The molecule has 2 aromatic rings. The highest BCUT2D eigenvalue weighted by Crippen LogP contribution is 2.39. The van der Waals surface area contributed by atoms with Crippen LogP contribution in [0, 0.1) is 5.82 Å². The molecule has 1 aliphatic carbocycles. The predicted molar refractivity (Wildman–Crippen MR) is 85.8 cm³/mol. The van der Waals surface area contributed by atoms with E-state index in [4.69, 9.17) is 0 Å². The van der Waals surface area contributed by atoms with Crippen LogP contribution < -0.4 is 0 Å². The smallest absolute Gasteiger partial charge is 0.123 e. The number of aryl methyl sites for hydroxylation is 1. The lowest BCUT2D eigenvalue weighted by molar-refractivity contribution is 0.153. The highest BCUT2D eigenvalue weighted by molar-refractivity contribution is 9.10. The third kappa shape index (κ3) is 3.19. The number of benzene rings is 2. The predicted octanol–water partition coefficient (Wildman–Crippen LogP) is 5.13. The molecule has 3 rings (SSSR count). The van der Waals surface area contributed by atoms with Crippen LogP contribution in [0.15, 0.2) is 46.9 Å². The Morgan fingerprint density at radius 1 is 1.24 bits per heavy atom. The van der Waals surface area contributed by atoms with Gasteiger partial charge in [-0.3, -0.25) is 0 Å². The molecule has 0 amide bonds. The van der Waals surface area contributed by atoms with Crippen LogP contribution >= 0.6 is 15.9 Å². The van der Waals surface area contributed by atoms with Crippen molar-refractivity contribution < 1.29 is 9.50 Å². The summed E-state index contributed by atoms with van der Waals surface area (Å²) in [5.74, 6) is 0.0383. The molecule has 0 fully saturated rings. The number of aliphatic hydroxyl groups is 1. The first kappa shape index (κ1) is 14.7. The molecule has 0 heterocycles. The van der Waals surface area contributed by atoms with Gasteiger partial charge in [-0.2, -0.15) is 0 Å². The van der Waals surface area contributed by atoms with Gasteiger partial charge in [-0.15, -0.1) is 0 Å². The number of hydrogen-bond donors (Lipinski definition) is 1. The van der Waals surface area contributed by atoms with E-state index < -0.39 is 6.10 Å². The summed E-state index contributed by atoms with van der Waals surface area (Å²) in [5.41, 5.74) is 3.37. The van der Waals surface area contributed by atoms with Crippen LogP contribution in [-0.4, -0.2) is 5.11 Å². The van der Waals surface area contributed by atoms with Gasteiger partial charge in [0.15, 0.2) is 0 Å². The van der Waals surface area contributed by atoms with Crippen molar-refractivity contribution in [3.63, 3.8) is 0 Å². The maximum Gasteiger partial charge on any atom is 0.123 e. The number of fused-ring (bicyclic) bond motifs is 1. The second-order valence-corrected chi connectivity index (χ2v) is 6.56. The van der Waals surface area contributed by atoms with Crippen molar-refractivity contribution in [2.24, 2.45) is 0 Å². The van der Waals surface area contributed by atoms with Crippen LogP contribution in [0.4, 0.5) is 4.39 Å². The first-order valence-corrected chi connectivity index (χ1v) is 8.15. The number of rotatable bonds is 3. The van der Waals surface area contributed by atoms with Crippen molar-refractivity contribution in [3.05, 3.63) is 69.4 Å². The van der Waals surface area contributed by atoms with Crippen molar-refractivity contribution in [1.29, 1.82) is 0 Å². The number of halogens is 2. The molecule has 0 aromatic heterocycles. The third-order valence-electron chi connectivity index (χ3n) is 4.32. The molecule has 110 valence electrons. The minimum Gasteiger partial charge on any atom is -0.388 e. The van der Waals surface area contributed by atoms with E-state index in [0.29, 0.717) is 17.9 Å². The van der Waals surface area contributed by atoms with Gasteiger partial charge in [0.1, 0.15) is 5.82 Å². The Morgan fingerprint density at radius 2 is 2.05 bits per heavy atom. The fraction of sp³-hybridized carbons (Fsp3) is 0.333. The summed E-state index contributed by atoms with van der Waals surface area (Å²) in [5, 5.41) is 10.5. The summed E-state index contributed by atoms with van der Waals surface area (Å²) < 4.78 is 14.2. The summed E-state index contributed by atoms with van der Waals surface area (Å²) in [6.45, 7) is 0. The van der Waals surface area contributed by atoms with Gasteiger partial charge in [0.05, 0.1) is 6.10 Å². The molecule has 2 atom stereocenters. The van der Waals surface area contributed by atoms with Crippen LogP contribution in [0.2, 0.25) is 0 Å². The molecule has 21 heavy (non-hydrogen) atoms. The third-order valence-corrected chi connectivity index (χ3v) is 5.04. The van der Waals surface area contributed by atoms with Gasteiger partial charge >= 0.3 is 0 Å². The van der Waals surface area contributed by atoms with E-state index >= 15 is 0 Å². The zero-order chi connectivity index (χ0) is 14.8. The van der Waals surface area contributed by atoms with Crippen molar-refractivity contribution in [2.45, 2.75) is 37.7 Å². The van der Waals surface area contributed by atoms with Crippen LogP contribution in [0.5, 0.6) is 0 Å². The molecule has 0 spiro atoms. The summed E-state index contributed by atoms with van der Waals surface area (Å²) in [6, 6.07) is 12.9. The molecule has 0 bridgehead atoms. The van der Waals surface area contributed by atoms with Crippen LogP contribution in [0.25, 0.3) is 0 Å². The van der Waals surface area contributed by atoms with Gasteiger partial charge in [-0.05, 0) is 66.5 Å². The molecule has 0 saturated heterocycles. The maximum absolute atomic E-state index is 13.4. The average molecular weight is 349 g/mol. The number of aliphatic hydroxyl groups excluding tert-OH is 1. The summed E-state index contributed by atoms with van der Waals surface area (Å²) in [4.78, 5) is 0. The Morgan fingerprint density at radius 3 is 2.90 bits per heavy atom. The van der Waals surface area contributed by atoms with Crippen molar-refractivity contribution >= 4 is 15.9 Å². The molecular weight excluding hydrogens is 331 g/mol. The standard InChI is InChI=1S/C18H18BrFO/c19-17-9-8-14(20)11-16(17)18(21)10-13-6-3-5-12-4-1-2-7-15(12)13/h1-2,4,7-9,11,13,18,21H,3,5-6,10H2. The second-order valence-electron chi connectivity index (χ2n) is 5.71. The van der Waals surface area contributed by atoms with Crippen molar-refractivity contribution in [2.75, 3.05) is 0 Å². The molecule has 0 radical (unpaired) electrons. The topological polar surface area (TPSA) is 20.2 Å². The minimum absolute atomic E-state index is 0.309. The van der Waals surface area contributed by atoms with Gasteiger partial charge in [0.25, 0.3) is 0 Å². The first-order chi connectivity index (χ1) is 10.1. The first-order valence-electron chi connectivity index (χ1n) is 7.36. The van der Waals surface area contributed by atoms with E-state index in [-0.39, 0.29) is 5.82 Å². The van der Waals surface area contributed by atoms with Gasteiger partial charge in [-0.1, -0.05) is 40.2 Å². The monoisotopic (exact) mass is 348 g/mol. The van der Waals surface area contributed by atoms with E-state index in [1.807, 2.05) is 0 Å². The van der Waals surface area contributed by atoms with E-state index in [0.717, 1.165) is 23.7 Å². The van der Waals surface area contributed by atoms with Crippen molar-refractivity contribution in [1.82, 2.24) is 0 Å². The number of hydrogen-bond acceptors (Lipinski definition) is 1. The van der Waals surface area contributed by atoms with Gasteiger partial charge in [0.2, 0.25) is 0 Å². The molecule has 1 N–H and O–H groups in total. The van der Waals surface area contributed by atoms with Crippen molar-refractivity contribution in [3.8, 4) is 0 Å². The fourth-order valence-corrected chi connectivity index (χ4v) is 3.78. The zero-order valence-electron chi connectivity index (χ0n) is 11.7. The molecule has 3 heteroatoms. The largest absolute Gasteiger partial charge is 0.388 e. The molecule has 2 aromatic carbocycles. The van der Waals surface area contributed by atoms with Gasteiger partial charge in [0, 0.05) is 4.47 Å². The average Bonchev–Trinajstić information content (AvgIpc) is 2.50. The minimum atomic E-state index is -0.647. The Labute approximate surface area is 132 Å². The van der Waals surface area contributed by atoms with Gasteiger partial charge in [-0.25, -0.2) is 4.39 Å². The molecule has 2 unspecified atom stereocenters. The Bertz CT molecular complexity index is 641. The Hall–Kier alpha value is -1.19. The van der Waals surface area contributed by atoms with E-state index in [1.54, 1.807) is 6.07 Å². The highest BCUT2D eigenvalue weighted by Gasteiger charge is 2.24. The zero-order valence-corrected chi connectivity index (χ0v) is 13.3. The quantitative estimate of drug-likeness (QED) is 0.814. The molecule has 1 nitrogen and oxygen atoms in total. The summed E-state index contributed by atoms with van der Waals surface area (Å²) >= 11 is 3.40. The summed E-state index contributed by atoms with van der Waals surface area (Å²) in [7, 11) is 0. The van der Waals surface area contributed by atoms with Crippen LogP contribution in [0.3, 0.4) is 0 Å². The SMILES string of the molecule is OC(CC1CCCc2ccccc21)c1cc(F)ccc1Br. The lowest BCUT2D eigenvalue weighted by Gasteiger charge is -2.27. The molecule has 0 saturated carbocycles. The normalized spacial score (nSPS) is 19.1. The molecule has 0 aliphatic heterocycles.